The number of morpholine rings is 1. The van der Waals surface area contributed by atoms with Gasteiger partial charge in [0.2, 0.25) is 0 Å². The van der Waals surface area contributed by atoms with Gasteiger partial charge in [-0.05, 0) is 24.5 Å². The molecule has 2 aliphatic heterocycles. The van der Waals surface area contributed by atoms with Gasteiger partial charge in [0.15, 0.2) is 0 Å². The maximum absolute atomic E-state index is 5.50. The Morgan fingerprint density at radius 2 is 2.17 bits per heavy atom. The van der Waals surface area contributed by atoms with Crippen LogP contribution in [-0.4, -0.2) is 43.3 Å². The molecule has 1 saturated heterocycles. The zero-order valence-corrected chi connectivity index (χ0v) is 11.1. The molecule has 2 aliphatic rings. The quantitative estimate of drug-likeness (QED) is 0.854. The van der Waals surface area contributed by atoms with Crippen LogP contribution in [0.15, 0.2) is 24.3 Å². The summed E-state index contributed by atoms with van der Waals surface area (Å²) in [6.07, 6.45) is 1.15. The lowest BCUT2D eigenvalue weighted by atomic mass is 9.95. The summed E-state index contributed by atoms with van der Waals surface area (Å²) in [4.78, 5) is 2.55. The fourth-order valence-electron chi connectivity index (χ4n) is 2.97. The number of hydrogen-bond donors (Lipinski definition) is 1. The van der Waals surface area contributed by atoms with Crippen LogP contribution in [0, 0.1) is 0 Å². The number of nitrogens with one attached hydrogen (secondary N) is 1. The number of rotatable bonds is 2. The van der Waals surface area contributed by atoms with Crippen LogP contribution in [0.5, 0.6) is 0 Å². The molecule has 0 aromatic heterocycles. The van der Waals surface area contributed by atoms with Crippen molar-refractivity contribution in [2.45, 2.75) is 32.0 Å². The fourth-order valence-corrected chi connectivity index (χ4v) is 2.97. The fraction of sp³-hybridized carbons (Fsp3) is 0.600. The largest absolute Gasteiger partial charge is 0.379 e. The molecule has 3 nitrogen and oxygen atoms in total. The molecule has 98 valence electrons. The first-order valence-corrected chi connectivity index (χ1v) is 6.95. The van der Waals surface area contributed by atoms with Crippen LogP contribution < -0.4 is 5.32 Å². The molecule has 1 fully saturated rings. The second kappa shape index (κ2) is 5.39. The van der Waals surface area contributed by atoms with E-state index in [1.807, 2.05) is 0 Å². The number of hydrogen-bond acceptors (Lipinski definition) is 3. The summed E-state index contributed by atoms with van der Waals surface area (Å²) in [6.45, 7) is 7.24. The average Bonchev–Trinajstić information content (AvgIpc) is 2.41. The van der Waals surface area contributed by atoms with Crippen molar-refractivity contribution >= 4 is 0 Å². The molecule has 1 N–H and O–H groups in total. The number of nitrogens with zero attached hydrogens (tertiary/aromatic N) is 1. The lowest BCUT2D eigenvalue weighted by Crippen LogP contribution is -2.51. The molecule has 0 amide bonds. The van der Waals surface area contributed by atoms with E-state index in [1.165, 1.54) is 11.1 Å². The highest BCUT2D eigenvalue weighted by Crippen LogP contribution is 2.18. The van der Waals surface area contributed by atoms with E-state index in [4.69, 9.17) is 4.74 Å². The van der Waals surface area contributed by atoms with Crippen molar-refractivity contribution in [2.75, 3.05) is 26.3 Å². The molecule has 1 aromatic rings. The predicted molar refractivity (Wildman–Crippen MR) is 72.6 cm³/mol. The zero-order valence-electron chi connectivity index (χ0n) is 11.1. The third kappa shape index (κ3) is 2.58. The van der Waals surface area contributed by atoms with Crippen LogP contribution in [-0.2, 0) is 17.7 Å². The standard InChI is InChI=1S/C15H22N2O/c1-12-11-18-7-6-17(12)10-15-8-13-4-2-3-5-14(13)9-16-15/h2-5,12,15-16H,6-11H2,1H3. The van der Waals surface area contributed by atoms with Gasteiger partial charge in [0, 0.05) is 31.7 Å². The van der Waals surface area contributed by atoms with Gasteiger partial charge in [-0.2, -0.15) is 0 Å². The zero-order chi connectivity index (χ0) is 12.4. The Balaban J connectivity index is 1.62. The Labute approximate surface area is 109 Å². The van der Waals surface area contributed by atoms with Crippen LogP contribution in [0.1, 0.15) is 18.1 Å². The topological polar surface area (TPSA) is 24.5 Å². The summed E-state index contributed by atoms with van der Waals surface area (Å²) in [6, 6.07) is 9.92. The van der Waals surface area contributed by atoms with Crippen molar-refractivity contribution in [3.05, 3.63) is 35.4 Å². The van der Waals surface area contributed by atoms with Gasteiger partial charge in [-0.25, -0.2) is 0 Å². The van der Waals surface area contributed by atoms with Crippen LogP contribution in [0.2, 0.25) is 0 Å². The van der Waals surface area contributed by atoms with E-state index >= 15 is 0 Å². The molecular formula is C15H22N2O. The minimum absolute atomic E-state index is 0.553. The van der Waals surface area contributed by atoms with Gasteiger partial charge in [0.1, 0.15) is 0 Å². The summed E-state index contributed by atoms with van der Waals surface area (Å²) in [5, 5.41) is 3.66. The molecule has 0 bridgehead atoms. The normalized spacial score (nSPS) is 28.9. The number of ether oxygens (including phenoxy) is 1. The van der Waals surface area contributed by atoms with Crippen molar-refractivity contribution in [2.24, 2.45) is 0 Å². The Morgan fingerprint density at radius 1 is 1.33 bits per heavy atom. The first kappa shape index (κ1) is 12.2. The molecule has 0 radical (unpaired) electrons. The third-order valence-electron chi connectivity index (χ3n) is 4.13. The minimum Gasteiger partial charge on any atom is -0.379 e. The maximum atomic E-state index is 5.50. The predicted octanol–water partition coefficient (Wildman–Crippen LogP) is 1.42. The van der Waals surface area contributed by atoms with Crippen molar-refractivity contribution < 1.29 is 4.74 Å². The van der Waals surface area contributed by atoms with E-state index in [0.717, 1.165) is 39.3 Å². The molecule has 3 heteroatoms. The van der Waals surface area contributed by atoms with Crippen molar-refractivity contribution in [3.8, 4) is 0 Å². The summed E-state index contributed by atoms with van der Waals surface area (Å²) in [5.74, 6) is 0. The van der Waals surface area contributed by atoms with E-state index in [2.05, 4.69) is 41.4 Å². The van der Waals surface area contributed by atoms with Crippen LogP contribution in [0.4, 0.5) is 0 Å². The first-order valence-electron chi connectivity index (χ1n) is 6.95. The SMILES string of the molecule is CC1COCCN1CC1Cc2ccccc2CN1. The van der Waals surface area contributed by atoms with Crippen LogP contribution in [0.25, 0.3) is 0 Å². The van der Waals surface area contributed by atoms with Gasteiger partial charge < -0.3 is 10.1 Å². The Kier molecular flexibility index (Phi) is 3.64. The van der Waals surface area contributed by atoms with Crippen molar-refractivity contribution in [1.82, 2.24) is 10.2 Å². The van der Waals surface area contributed by atoms with Gasteiger partial charge in [0.05, 0.1) is 13.2 Å². The van der Waals surface area contributed by atoms with E-state index in [9.17, 15) is 0 Å². The van der Waals surface area contributed by atoms with E-state index in [-0.39, 0.29) is 0 Å². The highest BCUT2D eigenvalue weighted by Gasteiger charge is 2.24. The monoisotopic (exact) mass is 246 g/mol. The summed E-state index contributed by atoms with van der Waals surface area (Å²) in [7, 11) is 0. The lowest BCUT2D eigenvalue weighted by Gasteiger charge is -2.37. The number of benzene rings is 1. The van der Waals surface area contributed by atoms with Crippen molar-refractivity contribution in [3.63, 3.8) is 0 Å². The van der Waals surface area contributed by atoms with Gasteiger partial charge >= 0.3 is 0 Å². The van der Waals surface area contributed by atoms with Gasteiger partial charge in [-0.1, -0.05) is 24.3 Å². The van der Waals surface area contributed by atoms with Crippen LogP contribution >= 0.6 is 0 Å². The molecular weight excluding hydrogens is 224 g/mol. The Bertz CT molecular complexity index is 407. The lowest BCUT2D eigenvalue weighted by molar-refractivity contribution is -0.00470. The van der Waals surface area contributed by atoms with Crippen LogP contribution in [0.3, 0.4) is 0 Å². The summed E-state index contributed by atoms with van der Waals surface area (Å²) in [5.41, 5.74) is 2.98. The molecule has 0 aliphatic carbocycles. The first-order chi connectivity index (χ1) is 8.83. The molecule has 2 unspecified atom stereocenters. The molecule has 0 saturated carbocycles. The molecule has 18 heavy (non-hydrogen) atoms. The Morgan fingerprint density at radius 3 is 3.00 bits per heavy atom. The average molecular weight is 246 g/mol. The minimum atomic E-state index is 0.553. The van der Waals surface area contributed by atoms with Crippen molar-refractivity contribution in [1.29, 1.82) is 0 Å². The second-order valence-electron chi connectivity index (χ2n) is 5.47. The highest BCUT2D eigenvalue weighted by atomic mass is 16.5. The second-order valence-corrected chi connectivity index (χ2v) is 5.47. The van der Waals surface area contributed by atoms with Gasteiger partial charge in [-0.3, -0.25) is 4.90 Å². The molecule has 0 spiro atoms. The smallest absolute Gasteiger partial charge is 0.0619 e. The number of fused-ring (bicyclic) bond motifs is 1. The van der Waals surface area contributed by atoms with E-state index in [1.54, 1.807) is 0 Å². The van der Waals surface area contributed by atoms with E-state index < -0.39 is 0 Å². The molecule has 1 aromatic carbocycles. The highest BCUT2D eigenvalue weighted by molar-refractivity contribution is 5.29. The van der Waals surface area contributed by atoms with Gasteiger partial charge in [0.25, 0.3) is 0 Å². The van der Waals surface area contributed by atoms with Gasteiger partial charge in [-0.15, -0.1) is 0 Å². The Hall–Kier alpha value is -0.900. The molecule has 2 heterocycles. The van der Waals surface area contributed by atoms with E-state index in [0.29, 0.717) is 12.1 Å². The molecule has 2 atom stereocenters. The maximum Gasteiger partial charge on any atom is 0.0619 e. The third-order valence-corrected chi connectivity index (χ3v) is 4.13. The summed E-state index contributed by atoms with van der Waals surface area (Å²) < 4.78 is 5.50. The molecule has 3 rings (SSSR count). The summed E-state index contributed by atoms with van der Waals surface area (Å²) >= 11 is 0.